The van der Waals surface area contributed by atoms with Crippen LogP contribution in [0.3, 0.4) is 0 Å². The molecule has 0 spiro atoms. The zero-order chi connectivity index (χ0) is 12.8. The van der Waals surface area contributed by atoms with E-state index in [4.69, 9.17) is 15.8 Å². The molecule has 2 aliphatic carbocycles. The van der Waals surface area contributed by atoms with Crippen molar-refractivity contribution >= 4 is 17.1 Å². The van der Waals surface area contributed by atoms with E-state index in [-0.39, 0.29) is 12.1 Å². The van der Waals surface area contributed by atoms with Crippen LogP contribution in [0.15, 0.2) is 63.7 Å². The van der Waals surface area contributed by atoms with Gasteiger partial charge in [-0.25, -0.2) is 0 Å². The Balaban J connectivity index is 1.95. The van der Waals surface area contributed by atoms with Crippen LogP contribution in [0.4, 0.5) is 0 Å². The summed E-state index contributed by atoms with van der Waals surface area (Å²) in [4.78, 5) is 9.59. The van der Waals surface area contributed by atoms with E-state index in [2.05, 4.69) is 17.3 Å². The second-order valence-electron chi connectivity index (χ2n) is 4.73. The molecular weight excluding hydrogens is 236 g/mol. The van der Waals surface area contributed by atoms with E-state index in [9.17, 15) is 0 Å². The van der Waals surface area contributed by atoms with Crippen molar-refractivity contribution in [3.63, 3.8) is 0 Å². The fourth-order valence-corrected chi connectivity index (χ4v) is 2.77. The standard InChI is InChI=1S/C15H12N4/c16-19-14-10-6-2-1-5-9(10)13-15(14)18-12-8-4-3-7-11(12)17-13/h1-8,11-12H,16H2/b19-14-. The highest BCUT2D eigenvalue weighted by Gasteiger charge is 2.36. The molecule has 1 aliphatic heterocycles. The molecule has 2 atom stereocenters. The van der Waals surface area contributed by atoms with Gasteiger partial charge in [-0.15, -0.1) is 0 Å². The van der Waals surface area contributed by atoms with E-state index in [1.165, 1.54) is 0 Å². The molecule has 0 amide bonds. The van der Waals surface area contributed by atoms with Crippen LogP contribution in [-0.4, -0.2) is 29.2 Å². The second-order valence-corrected chi connectivity index (χ2v) is 4.73. The average Bonchev–Trinajstić information content (AvgIpc) is 2.78. The molecule has 0 saturated carbocycles. The van der Waals surface area contributed by atoms with Crippen LogP contribution < -0.4 is 5.84 Å². The summed E-state index contributed by atoms with van der Waals surface area (Å²) in [5, 5.41) is 3.91. The first-order valence-corrected chi connectivity index (χ1v) is 6.27. The molecule has 0 fully saturated rings. The number of rotatable bonds is 0. The molecule has 19 heavy (non-hydrogen) atoms. The third-order valence-corrected chi connectivity index (χ3v) is 3.65. The van der Waals surface area contributed by atoms with Crippen molar-refractivity contribution in [3.8, 4) is 0 Å². The smallest absolute Gasteiger partial charge is 0.118 e. The van der Waals surface area contributed by atoms with Crippen LogP contribution in [0, 0.1) is 0 Å². The quantitative estimate of drug-likeness (QED) is 0.548. The average molecular weight is 248 g/mol. The van der Waals surface area contributed by atoms with Gasteiger partial charge in [0.2, 0.25) is 0 Å². The minimum Gasteiger partial charge on any atom is -0.323 e. The molecule has 1 heterocycles. The van der Waals surface area contributed by atoms with Crippen LogP contribution in [0.5, 0.6) is 0 Å². The van der Waals surface area contributed by atoms with Gasteiger partial charge in [-0.3, -0.25) is 9.98 Å². The van der Waals surface area contributed by atoms with Gasteiger partial charge in [0.05, 0.1) is 17.8 Å². The maximum absolute atomic E-state index is 5.54. The molecule has 4 nitrogen and oxygen atoms in total. The highest BCUT2D eigenvalue weighted by molar-refractivity contribution is 6.79. The van der Waals surface area contributed by atoms with E-state index < -0.39 is 0 Å². The van der Waals surface area contributed by atoms with E-state index in [0.717, 1.165) is 28.3 Å². The SMILES string of the molecule is N/N=C1\C2=NC3C=CC=CC3N=C2c2ccccc21. The first-order valence-electron chi connectivity index (χ1n) is 6.27. The van der Waals surface area contributed by atoms with Gasteiger partial charge in [0.25, 0.3) is 0 Å². The fourth-order valence-electron chi connectivity index (χ4n) is 2.77. The molecule has 3 aliphatic rings. The van der Waals surface area contributed by atoms with Crippen molar-refractivity contribution in [2.24, 2.45) is 20.9 Å². The molecular formula is C15H12N4. The monoisotopic (exact) mass is 248 g/mol. The van der Waals surface area contributed by atoms with E-state index in [0.29, 0.717) is 0 Å². The van der Waals surface area contributed by atoms with Crippen LogP contribution >= 0.6 is 0 Å². The molecule has 2 unspecified atom stereocenters. The highest BCUT2D eigenvalue weighted by Crippen LogP contribution is 2.28. The molecule has 4 heteroatoms. The van der Waals surface area contributed by atoms with Crippen molar-refractivity contribution in [1.29, 1.82) is 0 Å². The molecule has 0 aromatic heterocycles. The van der Waals surface area contributed by atoms with Crippen molar-refractivity contribution in [1.82, 2.24) is 0 Å². The Morgan fingerprint density at radius 2 is 1.53 bits per heavy atom. The fraction of sp³-hybridized carbons (Fsp3) is 0.133. The zero-order valence-corrected chi connectivity index (χ0v) is 10.2. The summed E-state index contributed by atoms with van der Waals surface area (Å²) in [5.41, 5.74) is 4.59. The molecule has 4 rings (SSSR count). The van der Waals surface area contributed by atoms with Gasteiger partial charge < -0.3 is 5.84 Å². The van der Waals surface area contributed by atoms with Crippen LogP contribution in [0.25, 0.3) is 0 Å². The summed E-state index contributed by atoms with van der Waals surface area (Å²) in [6.07, 6.45) is 8.17. The van der Waals surface area contributed by atoms with Gasteiger partial charge in [-0.2, -0.15) is 5.10 Å². The first-order chi connectivity index (χ1) is 9.38. The van der Waals surface area contributed by atoms with Crippen LogP contribution in [0.1, 0.15) is 11.1 Å². The van der Waals surface area contributed by atoms with Crippen molar-refractivity contribution in [2.45, 2.75) is 12.1 Å². The summed E-state index contributed by atoms with van der Waals surface area (Å²) >= 11 is 0. The van der Waals surface area contributed by atoms with Gasteiger partial charge in [0, 0.05) is 11.1 Å². The highest BCUT2D eigenvalue weighted by atomic mass is 15.1. The molecule has 92 valence electrons. The van der Waals surface area contributed by atoms with Gasteiger partial charge in [0.1, 0.15) is 11.4 Å². The van der Waals surface area contributed by atoms with Crippen molar-refractivity contribution in [3.05, 3.63) is 59.7 Å². The number of nitrogens with two attached hydrogens (primary N) is 1. The number of aliphatic imine (C=N–C) groups is 2. The van der Waals surface area contributed by atoms with E-state index in [1.54, 1.807) is 0 Å². The van der Waals surface area contributed by atoms with Gasteiger partial charge >= 0.3 is 0 Å². The molecule has 1 aromatic carbocycles. The summed E-state index contributed by atoms with van der Waals surface area (Å²) in [6, 6.07) is 8.20. The topological polar surface area (TPSA) is 63.1 Å². The van der Waals surface area contributed by atoms with E-state index >= 15 is 0 Å². The Labute approximate surface area is 110 Å². The lowest BCUT2D eigenvalue weighted by molar-refractivity contribution is 0.699. The third kappa shape index (κ3) is 1.37. The van der Waals surface area contributed by atoms with Crippen LogP contribution in [-0.2, 0) is 0 Å². The maximum atomic E-state index is 5.54. The number of nitrogens with zero attached hydrogens (tertiary/aromatic N) is 3. The summed E-state index contributed by atoms with van der Waals surface area (Å²) < 4.78 is 0. The minimum atomic E-state index is 0.0646. The summed E-state index contributed by atoms with van der Waals surface area (Å²) in [7, 11) is 0. The van der Waals surface area contributed by atoms with Crippen molar-refractivity contribution in [2.75, 3.05) is 0 Å². The molecule has 0 radical (unpaired) electrons. The number of fused-ring (bicyclic) bond motifs is 4. The number of hydrogen-bond donors (Lipinski definition) is 1. The van der Waals surface area contributed by atoms with Crippen molar-refractivity contribution < 1.29 is 0 Å². The third-order valence-electron chi connectivity index (χ3n) is 3.65. The predicted molar refractivity (Wildman–Crippen MR) is 77.0 cm³/mol. The number of hydrogen-bond acceptors (Lipinski definition) is 4. The summed E-state index contributed by atoms with van der Waals surface area (Å²) in [6.45, 7) is 0. The minimum absolute atomic E-state index is 0.0646. The first kappa shape index (κ1) is 10.4. The molecule has 2 N–H and O–H groups in total. The Bertz CT molecular complexity index is 707. The van der Waals surface area contributed by atoms with Gasteiger partial charge in [0.15, 0.2) is 0 Å². The maximum Gasteiger partial charge on any atom is 0.118 e. The Kier molecular flexibility index (Phi) is 2.06. The van der Waals surface area contributed by atoms with Crippen LogP contribution in [0.2, 0.25) is 0 Å². The lowest BCUT2D eigenvalue weighted by atomic mass is 10.0. The van der Waals surface area contributed by atoms with Gasteiger partial charge in [-0.05, 0) is 0 Å². The Morgan fingerprint density at radius 3 is 2.21 bits per heavy atom. The molecule has 1 aromatic rings. The van der Waals surface area contributed by atoms with E-state index in [1.807, 2.05) is 36.4 Å². The Morgan fingerprint density at radius 1 is 0.895 bits per heavy atom. The number of allylic oxidation sites excluding steroid dienone is 2. The van der Waals surface area contributed by atoms with Gasteiger partial charge in [-0.1, -0.05) is 48.6 Å². The lowest BCUT2D eigenvalue weighted by Gasteiger charge is -2.23. The predicted octanol–water partition coefficient (Wildman–Crippen LogP) is 1.47. The largest absolute Gasteiger partial charge is 0.323 e. The second kappa shape index (κ2) is 3.75. The lowest BCUT2D eigenvalue weighted by Crippen LogP contribution is -2.32. The number of hydrazone groups is 1. The normalized spacial score (nSPS) is 28.5. The zero-order valence-electron chi connectivity index (χ0n) is 10.2. The molecule has 0 saturated heterocycles. The number of benzene rings is 1. The summed E-state index contributed by atoms with van der Waals surface area (Å²) in [5.74, 6) is 5.54. The Hall–Kier alpha value is -2.49. The molecule has 0 bridgehead atoms.